The number of primary amides is 1. The minimum atomic E-state index is -3.49. The van der Waals surface area contributed by atoms with Gasteiger partial charge in [-0.2, -0.15) is 0 Å². The highest BCUT2D eigenvalue weighted by Crippen LogP contribution is 2.13. The van der Waals surface area contributed by atoms with E-state index in [-0.39, 0.29) is 17.4 Å². The number of sulfonamides is 1. The Morgan fingerprint density at radius 3 is 2.61 bits per heavy atom. The summed E-state index contributed by atoms with van der Waals surface area (Å²) in [6.45, 7) is 3.52. The lowest BCUT2D eigenvalue weighted by Gasteiger charge is -2.10. The Labute approximate surface area is 107 Å². The van der Waals surface area contributed by atoms with Gasteiger partial charge in [-0.1, -0.05) is 12.1 Å². The van der Waals surface area contributed by atoms with Crippen LogP contribution in [-0.4, -0.2) is 20.4 Å². The van der Waals surface area contributed by atoms with Crippen molar-refractivity contribution in [2.24, 2.45) is 5.73 Å². The third kappa shape index (κ3) is 4.46. The quantitative estimate of drug-likeness (QED) is 0.801. The van der Waals surface area contributed by atoms with Crippen molar-refractivity contribution in [3.8, 4) is 0 Å². The van der Waals surface area contributed by atoms with Crippen molar-refractivity contribution in [2.75, 3.05) is 0 Å². The topological polar surface area (TPSA) is 89.3 Å². The van der Waals surface area contributed by atoms with Crippen molar-refractivity contribution >= 4 is 15.9 Å². The first-order chi connectivity index (χ1) is 8.31. The molecule has 100 valence electrons. The van der Waals surface area contributed by atoms with E-state index in [9.17, 15) is 13.2 Å². The van der Waals surface area contributed by atoms with Gasteiger partial charge in [-0.15, -0.1) is 0 Å². The van der Waals surface area contributed by atoms with Gasteiger partial charge in [0.1, 0.15) is 0 Å². The molecule has 0 aliphatic carbocycles. The maximum Gasteiger partial charge on any atom is 0.240 e. The number of hydrogen-bond donors (Lipinski definition) is 2. The van der Waals surface area contributed by atoms with Crippen LogP contribution in [0.25, 0.3) is 0 Å². The van der Waals surface area contributed by atoms with Crippen molar-refractivity contribution in [2.45, 2.75) is 37.6 Å². The summed E-state index contributed by atoms with van der Waals surface area (Å²) in [5.41, 5.74) is 5.84. The fraction of sp³-hybridized carbons (Fsp3) is 0.417. The van der Waals surface area contributed by atoms with Crippen LogP contribution in [0.3, 0.4) is 0 Å². The number of carbonyl (C=O) groups is 1. The van der Waals surface area contributed by atoms with Gasteiger partial charge in [0, 0.05) is 12.5 Å². The Morgan fingerprint density at radius 1 is 1.39 bits per heavy atom. The predicted molar refractivity (Wildman–Crippen MR) is 69.4 cm³/mol. The first kappa shape index (κ1) is 14.7. The average molecular weight is 270 g/mol. The van der Waals surface area contributed by atoms with Crippen LogP contribution in [0, 0.1) is 0 Å². The molecule has 0 bridgehead atoms. The Kier molecular flexibility index (Phi) is 4.86. The molecule has 5 nitrogen and oxygen atoms in total. The molecule has 1 amide bonds. The third-order valence-electron chi connectivity index (χ3n) is 2.26. The molecule has 0 aliphatic heterocycles. The van der Waals surface area contributed by atoms with E-state index in [4.69, 9.17) is 5.73 Å². The summed E-state index contributed by atoms with van der Waals surface area (Å²) >= 11 is 0. The van der Waals surface area contributed by atoms with Gasteiger partial charge in [0.25, 0.3) is 0 Å². The van der Waals surface area contributed by atoms with E-state index >= 15 is 0 Å². The van der Waals surface area contributed by atoms with Gasteiger partial charge in [0.15, 0.2) is 0 Å². The lowest BCUT2D eigenvalue weighted by Crippen LogP contribution is -2.30. The van der Waals surface area contributed by atoms with E-state index in [1.807, 2.05) is 0 Å². The van der Waals surface area contributed by atoms with E-state index in [2.05, 4.69) is 4.72 Å². The van der Waals surface area contributed by atoms with Crippen LogP contribution in [0.15, 0.2) is 29.2 Å². The Morgan fingerprint density at radius 2 is 2.06 bits per heavy atom. The van der Waals surface area contributed by atoms with Gasteiger partial charge in [-0.05, 0) is 38.0 Å². The van der Waals surface area contributed by atoms with Crippen LogP contribution in [0.5, 0.6) is 0 Å². The number of aryl methyl sites for hydroxylation is 1. The lowest BCUT2D eigenvalue weighted by atomic mass is 10.1. The van der Waals surface area contributed by atoms with Gasteiger partial charge in [-0.25, -0.2) is 13.1 Å². The summed E-state index contributed by atoms with van der Waals surface area (Å²) in [6, 6.07) is 6.36. The third-order valence-corrected chi connectivity index (χ3v) is 3.92. The Bertz CT molecular complexity index is 524. The Balaban J connectivity index is 2.91. The molecule has 0 heterocycles. The molecule has 0 unspecified atom stereocenters. The molecule has 3 N–H and O–H groups in total. The smallest absolute Gasteiger partial charge is 0.240 e. The van der Waals surface area contributed by atoms with E-state index in [0.29, 0.717) is 6.42 Å². The van der Waals surface area contributed by atoms with Crippen molar-refractivity contribution in [1.29, 1.82) is 0 Å². The second kappa shape index (κ2) is 5.97. The second-order valence-electron chi connectivity index (χ2n) is 4.39. The van der Waals surface area contributed by atoms with Crippen LogP contribution in [0.2, 0.25) is 0 Å². The molecule has 0 aliphatic rings. The molecule has 1 aromatic carbocycles. The SMILES string of the molecule is CC(C)NS(=O)(=O)c1cccc(CCC(N)=O)c1. The first-order valence-corrected chi connectivity index (χ1v) is 7.19. The lowest BCUT2D eigenvalue weighted by molar-refractivity contribution is -0.117. The predicted octanol–water partition coefficient (Wildman–Crippen LogP) is 0.791. The number of carbonyl (C=O) groups excluding carboxylic acids is 1. The average Bonchev–Trinajstić information content (AvgIpc) is 2.25. The maximum absolute atomic E-state index is 11.9. The molecule has 0 atom stereocenters. The van der Waals surface area contributed by atoms with Gasteiger partial charge < -0.3 is 5.73 Å². The van der Waals surface area contributed by atoms with E-state index in [1.165, 1.54) is 6.07 Å². The zero-order valence-electron chi connectivity index (χ0n) is 10.5. The summed E-state index contributed by atoms with van der Waals surface area (Å²) in [7, 11) is -3.49. The standard InChI is InChI=1S/C12H18N2O3S/c1-9(2)14-18(16,17)11-5-3-4-10(8-11)6-7-12(13)15/h3-5,8-9,14H,6-7H2,1-2H3,(H2,13,15). The van der Waals surface area contributed by atoms with Gasteiger partial charge in [0.05, 0.1) is 4.90 Å². The monoisotopic (exact) mass is 270 g/mol. The highest BCUT2D eigenvalue weighted by Gasteiger charge is 2.15. The van der Waals surface area contributed by atoms with Crippen LogP contribution in [0.4, 0.5) is 0 Å². The molecule has 0 radical (unpaired) electrons. The summed E-state index contributed by atoms with van der Waals surface area (Å²) in [6.07, 6.45) is 0.654. The fourth-order valence-corrected chi connectivity index (χ4v) is 2.83. The number of nitrogens with two attached hydrogens (primary N) is 1. The maximum atomic E-state index is 11.9. The largest absolute Gasteiger partial charge is 0.370 e. The van der Waals surface area contributed by atoms with Gasteiger partial charge in [0.2, 0.25) is 15.9 Å². The van der Waals surface area contributed by atoms with Crippen LogP contribution < -0.4 is 10.5 Å². The number of amides is 1. The number of hydrogen-bond acceptors (Lipinski definition) is 3. The number of rotatable bonds is 6. The number of nitrogens with one attached hydrogen (secondary N) is 1. The van der Waals surface area contributed by atoms with Crippen LogP contribution >= 0.6 is 0 Å². The minimum absolute atomic E-state index is 0.163. The summed E-state index contributed by atoms with van der Waals surface area (Å²) in [4.78, 5) is 10.9. The number of benzene rings is 1. The molecule has 0 spiro atoms. The van der Waals surface area contributed by atoms with Gasteiger partial charge >= 0.3 is 0 Å². The molecule has 1 rings (SSSR count). The minimum Gasteiger partial charge on any atom is -0.370 e. The highest BCUT2D eigenvalue weighted by atomic mass is 32.2. The molecule has 0 fully saturated rings. The zero-order valence-corrected chi connectivity index (χ0v) is 11.3. The molecule has 1 aromatic rings. The Hall–Kier alpha value is -1.40. The van der Waals surface area contributed by atoms with E-state index < -0.39 is 15.9 Å². The van der Waals surface area contributed by atoms with Crippen molar-refractivity contribution in [3.05, 3.63) is 29.8 Å². The molecular weight excluding hydrogens is 252 g/mol. The summed E-state index contributed by atoms with van der Waals surface area (Å²) in [5, 5.41) is 0. The molecular formula is C12H18N2O3S. The summed E-state index contributed by atoms with van der Waals surface area (Å²) in [5.74, 6) is -0.399. The molecule has 18 heavy (non-hydrogen) atoms. The zero-order chi connectivity index (χ0) is 13.8. The van der Waals surface area contributed by atoms with Crippen molar-refractivity contribution in [3.63, 3.8) is 0 Å². The fourth-order valence-electron chi connectivity index (χ4n) is 1.51. The molecule has 0 saturated heterocycles. The van der Waals surface area contributed by atoms with Crippen LogP contribution in [-0.2, 0) is 21.2 Å². The van der Waals surface area contributed by atoms with Crippen molar-refractivity contribution < 1.29 is 13.2 Å². The highest BCUT2D eigenvalue weighted by molar-refractivity contribution is 7.89. The van der Waals surface area contributed by atoms with E-state index in [0.717, 1.165) is 5.56 Å². The first-order valence-electron chi connectivity index (χ1n) is 5.71. The van der Waals surface area contributed by atoms with Crippen LogP contribution in [0.1, 0.15) is 25.8 Å². The van der Waals surface area contributed by atoms with E-state index in [1.54, 1.807) is 32.0 Å². The molecule has 6 heteroatoms. The molecule has 0 saturated carbocycles. The summed E-state index contributed by atoms with van der Waals surface area (Å²) < 4.78 is 26.4. The normalized spacial score (nSPS) is 11.7. The molecule has 0 aromatic heterocycles. The van der Waals surface area contributed by atoms with Crippen molar-refractivity contribution in [1.82, 2.24) is 4.72 Å². The van der Waals surface area contributed by atoms with Gasteiger partial charge in [-0.3, -0.25) is 4.79 Å². The second-order valence-corrected chi connectivity index (χ2v) is 6.10.